The average molecular weight is 242 g/mol. The van der Waals surface area contributed by atoms with Crippen molar-refractivity contribution in [1.29, 1.82) is 0 Å². The van der Waals surface area contributed by atoms with Gasteiger partial charge >= 0.3 is 0 Å². The van der Waals surface area contributed by atoms with Crippen LogP contribution in [0.5, 0.6) is 5.88 Å². The van der Waals surface area contributed by atoms with Crippen molar-refractivity contribution in [2.75, 3.05) is 7.11 Å². The van der Waals surface area contributed by atoms with Gasteiger partial charge in [-0.25, -0.2) is 0 Å². The number of hydrogen-bond donors (Lipinski definition) is 1. The number of methoxy groups -OCH3 is 1. The Labute approximate surface area is 102 Å². The summed E-state index contributed by atoms with van der Waals surface area (Å²) in [6, 6.07) is 2.91. The van der Waals surface area contributed by atoms with Gasteiger partial charge in [0.25, 0.3) is 0 Å². The van der Waals surface area contributed by atoms with Crippen molar-refractivity contribution < 1.29 is 4.74 Å². The Morgan fingerprint density at radius 2 is 2.12 bits per heavy atom. The maximum absolute atomic E-state index is 5.10. The molecule has 0 radical (unpaired) electrons. The molecule has 0 fully saturated rings. The van der Waals surface area contributed by atoms with Crippen molar-refractivity contribution >= 4 is 11.5 Å². The average Bonchev–Trinajstić information content (AvgIpc) is 2.73. The van der Waals surface area contributed by atoms with E-state index in [1.165, 1.54) is 16.4 Å². The maximum Gasteiger partial charge on any atom is 0.225 e. The number of rotatable bonds is 6. The molecule has 0 amide bonds. The van der Waals surface area contributed by atoms with Gasteiger partial charge in [0.1, 0.15) is 0 Å². The summed E-state index contributed by atoms with van der Waals surface area (Å²) in [4.78, 5) is 1.23. The van der Waals surface area contributed by atoms with Crippen LogP contribution >= 0.6 is 11.5 Å². The molecular weight excluding hydrogens is 220 g/mol. The van der Waals surface area contributed by atoms with Crippen LogP contribution in [0.25, 0.3) is 0 Å². The molecule has 0 saturated carbocycles. The molecule has 2 unspecified atom stereocenters. The molecule has 92 valence electrons. The van der Waals surface area contributed by atoms with E-state index in [1.807, 2.05) is 6.07 Å². The van der Waals surface area contributed by atoms with Gasteiger partial charge in [-0.2, -0.15) is 4.37 Å². The zero-order chi connectivity index (χ0) is 12.1. The predicted molar refractivity (Wildman–Crippen MR) is 69.1 cm³/mol. The fourth-order valence-electron chi connectivity index (χ4n) is 1.76. The van der Waals surface area contributed by atoms with Crippen LogP contribution < -0.4 is 10.1 Å². The molecule has 1 aromatic rings. The smallest absolute Gasteiger partial charge is 0.225 e. The van der Waals surface area contributed by atoms with Crippen LogP contribution in [0.3, 0.4) is 0 Å². The number of hydrogen-bond acceptors (Lipinski definition) is 4. The van der Waals surface area contributed by atoms with Gasteiger partial charge in [0, 0.05) is 23.0 Å². The molecular formula is C12H22N2OS. The van der Waals surface area contributed by atoms with E-state index in [2.05, 4.69) is 37.4 Å². The van der Waals surface area contributed by atoms with E-state index in [-0.39, 0.29) is 0 Å². The summed E-state index contributed by atoms with van der Waals surface area (Å²) in [5, 5.41) is 3.63. The molecule has 0 aliphatic heterocycles. The van der Waals surface area contributed by atoms with Crippen molar-refractivity contribution in [2.45, 2.75) is 46.2 Å². The van der Waals surface area contributed by atoms with Crippen LogP contribution in [0.4, 0.5) is 0 Å². The zero-order valence-corrected chi connectivity index (χ0v) is 11.6. The van der Waals surface area contributed by atoms with Crippen molar-refractivity contribution in [2.24, 2.45) is 5.92 Å². The molecule has 0 aliphatic carbocycles. The molecule has 0 saturated heterocycles. The summed E-state index contributed by atoms with van der Waals surface area (Å²) in [6.45, 7) is 8.90. The topological polar surface area (TPSA) is 34.1 Å². The second-order valence-electron chi connectivity index (χ2n) is 4.42. The maximum atomic E-state index is 5.10. The first-order valence-electron chi connectivity index (χ1n) is 5.85. The van der Waals surface area contributed by atoms with Gasteiger partial charge in [0.15, 0.2) is 0 Å². The lowest BCUT2D eigenvalue weighted by Gasteiger charge is -2.24. The van der Waals surface area contributed by atoms with Gasteiger partial charge in [-0.15, -0.1) is 0 Å². The van der Waals surface area contributed by atoms with Crippen LogP contribution in [0, 0.1) is 5.92 Å². The van der Waals surface area contributed by atoms with Gasteiger partial charge in [-0.1, -0.05) is 20.8 Å². The van der Waals surface area contributed by atoms with E-state index in [9.17, 15) is 0 Å². The normalized spacial score (nSPS) is 15.1. The Hall–Kier alpha value is -0.610. The summed E-state index contributed by atoms with van der Waals surface area (Å²) in [6.07, 6.45) is 1.15. The van der Waals surface area contributed by atoms with Crippen LogP contribution in [0.2, 0.25) is 0 Å². The third kappa shape index (κ3) is 3.46. The molecule has 1 rings (SSSR count). The van der Waals surface area contributed by atoms with Crippen LogP contribution in [0.1, 0.15) is 45.0 Å². The minimum absolute atomic E-state index is 0.341. The summed E-state index contributed by atoms with van der Waals surface area (Å²) in [5.74, 6) is 1.37. The lowest BCUT2D eigenvalue weighted by molar-refractivity contribution is 0.357. The number of ether oxygens (including phenoxy) is 1. The fraction of sp³-hybridized carbons (Fsp3) is 0.750. The molecule has 4 heteroatoms. The van der Waals surface area contributed by atoms with Gasteiger partial charge in [-0.3, -0.25) is 0 Å². The highest BCUT2D eigenvalue weighted by Gasteiger charge is 2.16. The minimum atomic E-state index is 0.341. The van der Waals surface area contributed by atoms with Crippen LogP contribution in [-0.4, -0.2) is 17.5 Å². The summed E-state index contributed by atoms with van der Waals surface area (Å²) in [7, 11) is 1.65. The minimum Gasteiger partial charge on any atom is -0.480 e. The van der Waals surface area contributed by atoms with E-state index in [4.69, 9.17) is 4.74 Å². The second-order valence-corrected chi connectivity index (χ2v) is 5.26. The Morgan fingerprint density at radius 1 is 1.44 bits per heavy atom. The van der Waals surface area contributed by atoms with E-state index < -0.39 is 0 Å². The Kier molecular flexibility index (Phi) is 5.22. The monoisotopic (exact) mass is 242 g/mol. The third-order valence-electron chi connectivity index (χ3n) is 2.85. The largest absolute Gasteiger partial charge is 0.480 e. The lowest BCUT2D eigenvalue weighted by Crippen LogP contribution is -2.34. The zero-order valence-electron chi connectivity index (χ0n) is 10.8. The number of nitrogens with one attached hydrogen (secondary N) is 1. The van der Waals surface area contributed by atoms with E-state index >= 15 is 0 Å². The lowest BCUT2D eigenvalue weighted by atomic mass is 10.0. The molecule has 1 heterocycles. The standard InChI is InChI=1S/C12H22N2OS/c1-6-10(8(2)3)13-9(4)11-7-12(15-5)14-16-11/h7-10,13H,6H2,1-5H3. The first-order chi connectivity index (χ1) is 7.58. The summed E-state index contributed by atoms with van der Waals surface area (Å²) >= 11 is 1.51. The molecule has 16 heavy (non-hydrogen) atoms. The highest BCUT2D eigenvalue weighted by Crippen LogP contribution is 2.24. The van der Waals surface area contributed by atoms with Gasteiger partial charge in [0.2, 0.25) is 5.88 Å². The highest BCUT2D eigenvalue weighted by atomic mass is 32.1. The Balaban J connectivity index is 2.60. The van der Waals surface area contributed by atoms with Gasteiger partial charge in [0.05, 0.1) is 7.11 Å². The van der Waals surface area contributed by atoms with Crippen LogP contribution in [-0.2, 0) is 0 Å². The molecule has 0 aliphatic rings. The first kappa shape index (κ1) is 13.5. The third-order valence-corrected chi connectivity index (χ3v) is 3.80. The molecule has 0 aromatic carbocycles. The van der Waals surface area contributed by atoms with Crippen molar-refractivity contribution in [1.82, 2.24) is 9.69 Å². The van der Waals surface area contributed by atoms with Crippen LogP contribution in [0.15, 0.2) is 6.07 Å². The Morgan fingerprint density at radius 3 is 2.56 bits per heavy atom. The molecule has 0 bridgehead atoms. The molecule has 0 spiro atoms. The molecule has 1 aromatic heterocycles. The first-order valence-corrected chi connectivity index (χ1v) is 6.62. The van der Waals surface area contributed by atoms with Gasteiger partial charge < -0.3 is 10.1 Å². The van der Waals surface area contributed by atoms with Crippen molar-refractivity contribution in [3.05, 3.63) is 10.9 Å². The molecule has 3 nitrogen and oxygen atoms in total. The summed E-state index contributed by atoms with van der Waals surface area (Å²) in [5.41, 5.74) is 0. The second kappa shape index (κ2) is 6.21. The highest BCUT2D eigenvalue weighted by molar-refractivity contribution is 7.06. The number of aromatic nitrogens is 1. The predicted octanol–water partition coefficient (Wildman–Crippen LogP) is 3.24. The SMILES string of the molecule is CCC(NC(C)c1cc(OC)ns1)C(C)C. The van der Waals surface area contributed by atoms with Crippen molar-refractivity contribution in [3.8, 4) is 5.88 Å². The quantitative estimate of drug-likeness (QED) is 0.831. The van der Waals surface area contributed by atoms with Gasteiger partial charge in [-0.05, 0) is 30.8 Å². The van der Waals surface area contributed by atoms with E-state index in [0.717, 1.165) is 6.42 Å². The summed E-state index contributed by atoms with van der Waals surface area (Å²) < 4.78 is 9.31. The fourth-order valence-corrected chi connectivity index (χ4v) is 2.46. The Bertz CT molecular complexity index is 312. The number of nitrogens with zero attached hydrogens (tertiary/aromatic N) is 1. The van der Waals surface area contributed by atoms with E-state index in [1.54, 1.807) is 7.11 Å². The molecule has 1 N–H and O–H groups in total. The van der Waals surface area contributed by atoms with Crippen molar-refractivity contribution in [3.63, 3.8) is 0 Å². The van der Waals surface area contributed by atoms with E-state index in [0.29, 0.717) is 23.9 Å². The molecule has 2 atom stereocenters.